The fraction of sp³-hybridized carbons (Fsp3) is 0.800. The normalized spacial score (nSPS) is 22.0. The third-order valence-corrected chi connectivity index (χ3v) is 2.72. The molecule has 1 fully saturated rings. The van der Waals surface area contributed by atoms with Gasteiger partial charge in [-0.05, 0) is 5.27 Å². The van der Waals surface area contributed by atoms with Crippen molar-refractivity contribution in [1.82, 2.24) is 5.27 Å². The van der Waals surface area contributed by atoms with E-state index in [0.717, 1.165) is 0 Å². The van der Waals surface area contributed by atoms with Crippen molar-refractivity contribution < 1.29 is 14.1 Å². The van der Waals surface area contributed by atoms with Crippen molar-refractivity contribution in [2.45, 2.75) is 38.8 Å². The highest BCUT2D eigenvalue weighted by Crippen LogP contribution is 2.25. The van der Waals surface area contributed by atoms with E-state index in [1.807, 2.05) is 0 Å². The summed E-state index contributed by atoms with van der Waals surface area (Å²) in [6, 6.07) is 0. The Morgan fingerprint density at radius 3 is 2.24 bits per heavy atom. The molecule has 0 radical (unpaired) electrons. The van der Waals surface area contributed by atoms with Crippen molar-refractivity contribution in [3.63, 3.8) is 0 Å². The van der Waals surface area contributed by atoms with E-state index in [4.69, 9.17) is 14.7 Å². The largest absolute Gasteiger partial charge is 0.380 e. The van der Waals surface area contributed by atoms with Crippen LogP contribution in [0.25, 0.3) is 0 Å². The van der Waals surface area contributed by atoms with E-state index >= 15 is 0 Å². The van der Waals surface area contributed by atoms with Crippen molar-refractivity contribution in [2.75, 3.05) is 18.2 Å². The van der Waals surface area contributed by atoms with Crippen LogP contribution in [0.4, 0.5) is 0 Å². The van der Waals surface area contributed by atoms with Gasteiger partial charge in [-0.15, -0.1) is 12.4 Å². The molecule has 0 spiro atoms. The van der Waals surface area contributed by atoms with E-state index in [9.17, 15) is 0 Å². The molecule has 7 heteroatoms. The molecule has 0 aromatic carbocycles. The Labute approximate surface area is 106 Å². The van der Waals surface area contributed by atoms with Gasteiger partial charge in [0.1, 0.15) is 0 Å². The molecular formula is C10H19ClN4O2. The van der Waals surface area contributed by atoms with Gasteiger partial charge in [0.05, 0.1) is 13.2 Å². The van der Waals surface area contributed by atoms with Gasteiger partial charge in [0, 0.05) is 11.1 Å². The molecule has 1 saturated heterocycles. The number of hydrogen-bond donors (Lipinski definition) is 1. The number of nitrogens with zero attached hydrogens (tertiary/aromatic N) is 3. The zero-order valence-electron chi connectivity index (χ0n) is 10.6. The number of aromatic nitrogens is 2. The highest BCUT2D eigenvalue weighted by Gasteiger charge is 2.42. The second kappa shape index (κ2) is 4.34. The number of rotatable bonds is 1. The minimum Gasteiger partial charge on any atom is -0.380 e. The summed E-state index contributed by atoms with van der Waals surface area (Å²) in [6.45, 7) is 9.59. The Morgan fingerprint density at radius 1 is 1.29 bits per heavy atom. The monoisotopic (exact) mass is 262 g/mol. The van der Waals surface area contributed by atoms with Crippen molar-refractivity contribution in [1.29, 1.82) is 5.41 Å². The number of ether oxygens (including phenoxy) is 1. The van der Waals surface area contributed by atoms with Gasteiger partial charge in [0.25, 0.3) is 11.8 Å². The molecule has 1 aromatic rings. The molecule has 0 unspecified atom stereocenters. The minimum atomic E-state index is -0.185. The maximum absolute atomic E-state index is 7.39. The molecule has 6 nitrogen and oxygen atoms in total. The molecular weight excluding hydrogens is 244 g/mol. The van der Waals surface area contributed by atoms with Gasteiger partial charge < -0.3 is 9.26 Å². The average Bonchev–Trinajstić information content (AvgIpc) is 2.48. The van der Waals surface area contributed by atoms with E-state index in [1.54, 1.807) is 11.0 Å². The second-order valence-corrected chi connectivity index (χ2v) is 5.42. The fourth-order valence-electron chi connectivity index (χ4n) is 2.38. The molecule has 0 aliphatic carbocycles. The summed E-state index contributed by atoms with van der Waals surface area (Å²) < 4.78 is 10.4. The van der Waals surface area contributed by atoms with Gasteiger partial charge in [-0.2, -0.15) is 0 Å². The summed E-state index contributed by atoms with van der Waals surface area (Å²) >= 11 is 0. The molecule has 0 bridgehead atoms. The summed E-state index contributed by atoms with van der Waals surface area (Å²) in [5.74, 6) is 0. The Bertz CT molecular complexity index is 422. The topological polar surface area (TPSA) is 67.4 Å². The first-order valence-electron chi connectivity index (χ1n) is 5.32. The van der Waals surface area contributed by atoms with Crippen LogP contribution in [-0.2, 0) is 4.74 Å². The second-order valence-electron chi connectivity index (χ2n) is 5.42. The van der Waals surface area contributed by atoms with Gasteiger partial charge in [0.2, 0.25) is 0 Å². The lowest BCUT2D eigenvalue weighted by Crippen LogP contribution is -2.79. The van der Waals surface area contributed by atoms with E-state index in [0.29, 0.717) is 13.2 Å². The summed E-state index contributed by atoms with van der Waals surface area (Å²) in [7, 11) is 0. The van der Waals surface area contributed by atoms with Crippen LogP contribution < -0.4 is 20.6 Å². The maximum atomic E-state index is 7.39. The molecule has 1 aliphatic heterocycles. The third kappa shape index (κ3) is 2.47. The Hall–Kier alpha value is -1.01. The highest BCUT2D eigenvalue weighted by molar-refractivity contribution is 5.85. The molecule has 1 N–H and O–H groups in total. The van der Waals surface area contributed by atoms with Crippen LogP contribution in [0, 0.1) is 5.41 Å². The number of hydrogen-bond acceptors (Lipinski definition) is 4. The SMILES string of the molecule is CC1(C)COCC(C)(C)N1[n+]1cc(=N)o[n-]1.Cl. The molecule has 2 heterocycles. The lowest BCUT2D eigenvalue weighted by atomic mass is 9.94. The van der Waals surface area contributed by atoms with E-state index in [2.05, 4.69) is 38.0 Å². The summed E-state index contributed by atoms with van der Waals surface area (Å²) in [4.78, 5) is 1.60. The Morgan fingerprint density at radius 2 is 1.82 bits per heavy atom. The van der Waals surface area contributed by atoms with Crippen LogP contribution in [-0.4, -0.2) is 24.3 Å². The smallest absolute Gasteiger partial charge is 0.286 e. The standard InChI is InChI=1S/C10H18N4O2.ClH/c1-9(2)6-15-7-10(3,4)14(9)13-5-8(11)16-12-13;/h5,11H,6-7H2,1-4H3;1H. The molecule has 0 saturated carbocycles. The fourth-order valence-corrected chi connectivity index (χ4v) is 2.38. The predicted octanol–water partition coefficient (Wildman–Crippen LogP) is -0.0490. The van der Waals surface area contributed by atoms with Gasteiger partial charge >= 0.3 is 0 Å². The lowest BCUT2D eigenvalue weighted by Gasteiger charge is -2.52. The third-order valence-electron chi connectivity index (χ3n) is 2.72. The van der Waals surface area contributed by atoms with Crippen LogP contribution in [0.5, 0.6) is 0 Å². The minimum absolute atomic E-state index is 0. The van der Waals surface area contributed by atoms with E-state index in [-0.39, 0.29) is 29.0 Å². The first kappa shape index (κ1) is 14.1. The zero-order valence-corrected chi connectivity index (χ0v) is 11.4. The van der Waals surface area contributed by atoms with Crippen molar-refractivity contribution >= 4 is 12.4 Å². The average molecular weight is 263 g/mol. The van der Waals surface area contributed by atoms with E-state index in [1.165, 1.54) is 0 Å². The van der Waals surface area contributed by atoms with E-state index < -0.39 is 0 Å². The molecule has 0 atom stereocenters. The molecule has 0 amide bonds. The molecule has 17 heavy (non-hydrogen) atoms. The van der Waals surface area contributed by atoms with Gasteiger partial charge in [-0.3, -0.25) is 10.4 Å². The molecule has 1 aromatic heterocycles. The van der Waals surface area contributed by atoms with Crippen molar-refractivity contribution in [3.8, 4) is 0 Å². The Kier molecular flexibility index (Phi) is 3.59. The number of morpholine rings is 1. The van der Waals surface area contributed by atoms with Crippen LogP contribution in [0.2, 0.25) is 0 Å². The van der Waals surface area contributed by atoms with Crippen molar-refractivity contribution in [3.05, 3.63) is 11.8 Å². The van der Waals surface area contributed by atoms with Crippen LogP contribution in [0.15, 0.2) is 10.7 Å². The van der Waals surface area contributed by atoms with Gasteiger partial charge in [0.15, 0.2) is 0 Å². The number of nitrogens with one attached hydrogen (secondary N) is 1. The quantitative estimate of drug-likeness (QED) is 0.721. The highest BCUT2D eigenvalue weighted by atomic mass is 35.5. The first-order chi connectivity index (χ1) is 7.33. The van der Waals surface area contributed by atoms with Crippen LogP contribution in [0.3, 0.4) is 0 Å². The lowest BCUT2D eigenvalue weighted by molar-refractivity contribution is -0.780. The molecule has 98 valence electrons. The molecule has 1 aliphatic rings. The summed E-state index contributed by atoms with van der Waals surface area (Å²) in [6.07, 6.45) is 1.56. The van der Waals surface area contributed by atoms with Gasteiger partial charge in [-0.25, -0.2) is 0 Å². The summed E-state index contributed by atoms with van der Waals surface area (Å²) in [5, 5.41) is 13.3. The predicted molar refractivity (Wildman–Crippen MR) is 62.5 cm³/mol. The zero-order chi connectivity index (χ0) is 12.0. The maximum Gasteiger partial charge on any atom is 0.286 e. The molecule has 2 rings (SSSR count). The number of halogens is 1. The first-order valence-corrected chi connectivity index (χ1v) is 5.32. The summed E-state index contributed by atoms with van der Waals surface area (Å²) in [5.41, 5.74) is -0.316. The van der Waals surface area contributed by atoms with Crippen LogP contribution >= 0.6 is 12.4 Å². The van der Waals surface area contributed by atoms with Crippen molar-refractivity contribution in [2.24, 2.45) is 0 Å². The van der Waals surface area contributed by atoms with Gasteiger partial charge in [-0.1, -0.05) is 32.5 Å². The Balaban J connectivity index is 0.00000144. The van der Waals surface area contributed by atoms with Crippen LogP contribution in [0.1, 0.15) is 27.7 Å².